The minimum Gasteiger partial charge on any atom is -0.349 e. The van der Waals surface area contributed by atoms with Gasteiger partial charge in [0.05, 0.1) is 11.2 Å². The molecule has 9 heteroatoms. The molecule has 0 radical (unpaired) electrons. The van der Waals surface area contributed by atoms with Crippen molar-refractivity contribution in [3.8, 4) is 11.1 Å². The van der Waals surface area contributed by atoms with Crippen LogP contribution in [0.1, 0.15) is 34.5 Å². The lowest BCUT2D eigenvalue weighted by Gasteiger charge is -2.11. The van der Waals surface area contributed by atoms with Crippen LogP contribution in [0.4, 0.5) is 4.39 Å². The maximum atomic E-state index is 14.7. The van der Waals surface area contributed by atoms with Crippen molar-refractivity contribution in [2.45, 2.75) is 36.9 Å². The van der Waals surface area contributed by atoms with E-state index in [2.05, 4.69) is 10.4 Å². The van der Waals surface area contributed by atoms with Crippen molar-refractivity contribution in [3.05, 3.63) is 70.5 Å². The summed E-state index contributed by atoms with van der Waals surface area (Å²) in [4.78, 5) is 12.5. The highest BCUT2D eigenvalue weighted by atomic mass is 32.2. The van der Waals surface area contributed by atoms with Crippen LogP contribution < -0.4 is 5.32 Å². The third-order valence-corrected chi connectivity index (χ3v) is 8.60. The number of halogens is 1. The van der Waals surface area contributed by atoms with Crippen LogP contribution in [0, 0.1) is 19.7 Å². The minimum atomic E-state index is -3.81. The molecule has 4 aromatic rings. The van der Waals surface area contributed by atoms with Gasteiger partial charge in [0, 0.05) is 17.0 Å². The number of carbonyl (C=O) groups excluding carboxylic acids is 1. The Morgan fingerprint density at radius 1 is 1.19 bits per heavy atom. The highest BCUT2D eigenvalue weighted by Crippen LogP contribution is 2.32. The molecule has 1 fully saturated rings. The average Bonchev–Trinajstić information content (AvgIpc) is 3.26. The first-order valence-corrected chi connectivity index (χ1v) is 12.5. The van der Waals surface area contributed by atoms with Crippen molar-refractivity contribution in [1.82, 2.24) is 14.5 Å². The lowest BCUT2D eigenvalue weighted by molar-refractivity contribution is 0.0950. The predicted octanol–water partition coefficient (Wildman–Crippen LogP) is 4.65. The number of benzene rings is 2. The summed E-state index contributed by atoms with van der Waals surface area (Å²) < 4.78 is 41.9. The van der Waals surface area contributed by atoms with Crippen LogP contribution in [0.3, 0.4) is 0 Å². The van der Waals surface area contributed by atoms with Gasteiger partial charge in [-0.3, -0.25) is 4.79 Å². The quantitative estimate of drug-likeness (QED) is 0.461. The third kappa shape index (κ3) is 3.51. The van der Waals surface area contributed by atoms with Crippen LogP contribution in [-0.2, 0) is 10.0 Å². The molecule has 6 nitrogen and oxygen atoms in total. The van der Waals surface area contributed by atoms with E-state index in [1.165, 1.54) is 6.07 Å². The van der Waals surface area contributed by atoms with E-state index in [0.29, 0.717) is 33.3 Å². The molecule has 0 spiro atoms. The number of hydrogen-bond donors (Lipinski definition) is 1. The van der Waals surface area contributed by atoms with E-state index in [9.17, 15) is 17.6 Å². The molecule has 1 saturated carbocycles. The van der Waals surface area contributed by atoms with Crippen LogP contribution in [0.5, 0.6) is 0 Å². The van der Waals surface area contributed by atoms with Gasteiger partial charge in [-0.2, -0.15) is 17.6 Å². The number of thiophene rings is 1. The topological polar surface area (TPSA) is 81.1 Å². The number of fused-ring (bicyclic) bond motifs is 1. The zero-order chi connectivity index (χ0) is 22.6. The second-order valence-electron chi connectivity index (χ2n) is 7.98. The molecule has 2 aromatic heterocycles. The largest absolute Gasteiger partial charge is 0.349 e. The van der Waals surface area contributed by atoms with Crippen molar-refractivity contribution < 1.29 is 17.6 Å². The molecule has 164 valence electrons. The molecule has 1 aliphatic carbocycles. The third-order valence-electron chi connectivity index (χ3n) is 5.64. The summed E-state index contributed by atoms with van der Waals surface area (Å²) in [5.74, 6) is -0.754. The molecule has 1 amide bonds. The second-order valence-corrected chi connectivity index (χ2v) is 10.9. The number of nitrogens with one attached hydrogen (secondary N) is 1. The van der Waals surface area contributed by atoms with Crippen LogP contribution in [0.25, 0.3) is 22.0 Å². The van der Waals surface area contributed by atoms with E-state index in [4.69, 9.17) is 0 Å². The number of amides is 1. The summed E-state index contributed by atoms with van der Waals surface area (Å²) in [6.45, 7) is 3.40. The van der Waals surface area contributed by atoms with E-state index in [-0.39, 0.29) is 21.7 Å². The minimum absolute atomic E-state index is 0.172. The van der Waals surface area contributed by atoms with Crippen molar-refractivity contribution in [3.63, 3.8) is 0 Å². The summed E-state index contributed by atoms with van der Waals surface area (Å²) >= 11 is 1.13. The number of carbonyl (C=O) groups is 1. The van der Waals surface area contributed by atoms with E-state index < -0.39 is 15.8 Å². The zero-order valence-electron chi connectivity index (χ0n) is 17.4. The van der Waals surface area contributed by atoms with Gasteiger partial charge in [0.15, 0.2) is 0 Å². The SMILES string of the molecule is Cc1c(F)cc(C(=O)NC2CC2)cc1-c1ccc2c(c1)c(C)nn2S(=O)(=O)c1cccs1. The van der Waals surface area contributed by atoms with Crippen molar-refractivity contribution >= 4 is 38.2 Å². The number of hydrogen-bond acceptors (Lipinski definition) is 5. The van der Waals surface area contributed by atoms with Gasteiger partial charge in [0.1, 0.15) is 10.0 Å². The maximum absolute atomic E-state index is 14.7. The fourth-order valence-electron chi connectivity index (χ4n) is 3.69. The van der Waals surface area contributed by atoms with Gasteiger partial charge in [-0.1, -0.05) is 12.1 Å². The van der Waals surface area contributed by atoms with E-state index >= 15 is 0 Å². The highest BCUT2D eigenvalue weighted by molar-refractivity contribution is 7.92. The standard InChI is InChI=1S/C23H20FN3O3S2/c1-13-18(11-16(12-20(13)24)23(28)25-17-6-7-17)15-5-8-21-19(10-15)14(2)26-27(21)32(29,30)22-4-3-9-31-22/h3-5,8-12,17H,6-7H2,1-2H3,(H,25,28). The van der Waals surface area contributed by atoms with Crippen molar-refractivity contribution in [1.29, 1.82) is 0 Å². The van der Waals surface area contributed by atoms with Gasteiger partial charge in [-0.25, -0.2) is 4.39 Å². The predicted molar refractivity (Wildman–Crippen MR) is 122 cm³/mol. The van der Waals surface area contributed by atoms with Crippen LogP contribution in [-0.4, -0.2) is 29.6 Å². The molecule has 32 heavy (non-hydrogen) atoms. The zero-order valence-corrected chi connectivity index (χ0v) is 19.1. The monoisotopic (exact) mass is 469 g/mol. The first-order valence-electron chi connectivity index (χ1n) is 10.2. The Balaban J connectivity index is 1.61. The van der Waals surface area contributed by atoms with Crippen LogP contribution >= 0.6 is 11.3 Å². The number of rotatable bonds is 5. The first kappa shape index (κ1) is 20.8. The molecule has 0 bridgehead atoms. The van der Waals surface area contributed by atoms with E-state index in [1.54, 1.807) is 55.6 Å². The number of nitrogens with zero attached hydrogens (tertiary/aromatic N) is 2. The Labute approximate surface area is 188 Å². The summed E-state index contributed by atoms with van der Waals surface area (Å²) in [7, 11) is -3.81. The Hall–Kier alpha value is -3.04. The fourth-order valence-corrected chi connectivity index (χ4v) is 6.07. The smallest absolute Gasteiger partial charge is 0.293 e. The molecule has 5 rings (SSSR count). The average molecular weight is 470 g/mol. The molecular weight excluding hydrogens is 449 g/mol. The van der Waals surface area contributed by atoms with Gasteiger partial charge < -0.3 is 5.32 Å². The molecule has 1 aliphatic rings. The molecule has 0 saturated heterocycles. The molecule has 0 atom stereocenters. The Morgan fingerprint density at radius 3 is 2.66 bits per heavy atom. The Bertz CT molecular complexity index is 1470. The maximum Gasteiger partial charge on any atom is 0.293 e. The summed E-state index contributed by atoms with van der Waals surface area (Å²) in [5, 5.41) is 9.51. The van der Waals surface area contributed by atoms with Gasteiger partial charge in [-0.15, -0.1) is 11.3 Å². The Morgan fingerprint density at radius 2 is 1.97 bits per heavy atom. The van der Waals surface area contributed by atoms with E-state index in [1.807, 2.05) is 0 Å². The van der Waals surface area contributed by atoms with Crippen molar-refractivity contribution in [2.75, 3.05) is 0 Å². The number of aromatic nitrogens is 2. The molecule has 1 N–H and O–H groups in total. The van der Waals surface area contributed by atoms with Gasteiger partial charge in [0.2, 0.25) is 0 Å². The number of aryl methyl sites for hydroxylation is 1. The molecule has 0 unspecified atom stereocenters. The van der Waals surface area contributed by atoms with Crippen LogP contribution in [0.15, 0.2) is 52.1 Å². The summed E-state index contributed by atoms with van der Waals surface area (Å²) in [6.07, 6.45) is 1.89. The summed E-state index contributed by atoms with van der Waals surface area (Å²) in [6, 6.07) is 11.5. The van der Waals surface area contributed by atoms with Crippen LogP contribution in [0.2, 0.25) is 0 Å². The second kappa shape index (κ2) is 7.53. The fraction of sp³-hybridized carbons (Fsp3) is 0.217. The van der Waals surface area contributed by atoms with E-state index in [0.717, 1.165) is 28.3 Å². The lowest BCUT2D eigenvalue weighted by Crippen LogP contribution is -2.25. The Kier molecular flexibility index (Phi) is 4.90. The van der Waals surface area contributed by atoms with Gasteiger partial charge in [-0.05, 0) is 79.1 Å². The molecule has 0 aliphatic heterocycles. The molecule has 2 heterocycles. The summed E-state index contributed by atoms with van der Waals surface area (Å²) in [5.41, 5.74) is 2.95. The first-order chi connectivity index (χ1) is 15.3. The van der Waals surface area contributed by atoms with Crippen molar-refractivity contribution in [2.24, 2.45) is 0 Å². The molecular formula is C23H20FN3O3S2. The normalized spacial score (nSPS) is 14.1. The highest BCUT2D eigenvalue weighted by Gasteiger charge is 2.26. The lowest BCUT2D eigenvalue weighted by atomic mass is 9.96. The molecule has 2 aromatic carbocycles. The van der Waals surface area contributed by atoms with Gasteiger partial charge >= 0.3 is 0 Å². The van der Waals surface area contributed by atoms with Gasteiger partial charge in [0.25, 0.3) is 15.9 Å².